The first kappa shape index (κ1) is 10.1. The first-order valence-corrected chi connectivity index (χ1v) is 5.08. The van der Waals surface area contributed by atoms with Gasteiger partial charge < -0.3 is 5.11 Å². The van der Waals surface area contributed by atoms with Crippen molar-refractivity contribution in [2.75, 3.05) is 6.67 Å². The number of aliphatic carboxylic acids is 1. The smallest absolute Gasteiger partial charge is 0.316 e. The van der Waals surface area contributed by atoms with E-state index in [9.17, 15) is 14.3 Å². The number of hydrogen-bond donors (Lipinski definition) is 1. The van der Waals surface area contributed by atoms with Crippen LogP contribution in [0.15, 0.2) is 24.3 Å². The molecule has 0 fully saturated rings. The van der Waals surface area contributed by atoms with Crippen molar-refractivity contribution in [3.63, 3.8) is 0 Å². The molecule has 1 N–H and O–H groups in total. The van der Waals surface area contributed by atoms with Crippen LogP contribution in [-0.4, -0.2) is 17.8 Å². The van der Waals surface area contributed by atoms with Crippen LogP contribution in [-0.2, 0) is 16.6 Å². The molecule has 0 saturated carbocycles. The van der Waals surface area contributed by atoms with E-state index in [1.807, 2.05) is 12.1 Å². The highest BCUT2D eigenvalue weighted by Gasteiger charge is 2.43. The highest BCUT2D eigenvalue weighted by Crippen LogP contribution is 2.38. The molecule has 0 amide bonds. The third-order valence-electron chi connectivity index (χ3n) is 3.22. The second-order valence-corrected chi connectivity index (χ2v) is 4.03. The van der Waals surface area contributed by atoms with Crippen molar-refractivity contribution in [2.24, 2.45) is 0 Å². The Hall–Kier alpha value is -1.38. The standard InChI is InChI=1S/C12H13FO2/c13-8-12(11(14)15)7-3-5-9-4-1-2-6-10(9)12/h1-2,4,6H,3,5,7-8H2,(H,14,15). The van der Waals surface area contributed by atoms with E-state index in [0.29, 0.717) is 12.0 Å². The fraction of sp³-hybridized carbons (Fsp3) is 0.417. The minimum atomic E-state index is -1.30. The van der Waals surface area contributed by atoms with Crippen LogP contribution in [0.1, 0.15) is 24.0 Å². The number of hydrogen-bond acceptors (Lipinski definition) is 1. The Bertz CT molecular complexity index is 389. The Morgan fingerprint density at radius 1 is 1.47 bits per heavy atom. The average molecular weight is 208 g/mol. The molecule has 2 nitrogen and oxygen atoms in total. The van der Waals surface area contributed by atoms with Crippen LogP contribution in [0.3, 0.4) is 0 Å². The number of rotatable bonds is 2. The number of benzene rings is 1. The number of alkyl halides is 1. The van der Waals surface area contributed by atoms with Crippen LogP contribution in [0.5, 0.6) is 0 Å². The van der Waals surface area contributed by atoms with Gasteiger partial charge in [-0.1, -0.05) is 24.3 Å². The van der Waals surface area contributed by atoms with Gasteiger partial charge in [-0.2, -0.15) is 0 Å². The van der Waals surface area contributed by atoms with E-state index in [4.69, 9.17) is 0 Å². The molecule has 1 aliphatic carbocycles. The van der Waals surface area contributed by atoms with Gasteiger partial charge >= 0.3 is 5.97 Å². The number of aryl methyl sites for hydroxylation is 1. The van der Waals surface area contributed by atoms with E-state index in [0.717, 1.165) is 18.4 Å². The van der Waals surface area contributed by atoms with E-state index >= 15 is 0 Å². The van der Waals surface area contributed by atoms with Crippen molar-refractivity contribution in [1.29, 1.82) is 0 Å². The van der Waals surface area contributed by atoms with Crippen LogP contribution >= 0.6 is 0 Å². The second-order valence-electron chi connectivity index (χ2n) is 4.03. The van der Waals surface area contributed by atoms with E-state index in [-0.39, 0.29) is 0 Å². The second kappa shape index (κ2) is 3.65. The van der Waals surface area contributed by atoms with Crippen molar-refractivity contribution in [3.8, 4) is 0 Å². The number of carboxylic acids is 1. The summed E-state index contributed by atoms with van der Waals surface area (Å²) in [5.74, 6) is -1.04. The molecule has 80 valence electrons. The molecule has 3 heteroatoms. The molecule has 0 aromatic heterocycles. The van der Waals surface area contributed by atoms with Crippen molar-refractivity contribution in [3.05, 3.63) is 35.4 Å². The average Bonchev–Trinajstić information content (AvgIpc) is 2.28. The predicted octanol–water partition coefficient (Wildman–Crippen LogP) is 2.31. The number of fused-ring (bicyclic) bond motifs is 1. The molecule has 1 aliphatic rings. The SMILES string of the molecule is O=C(O)C1(CF)CCCc2ccccc21. The van der Waals surface area contributed by atoms with Gasteiger partial charge in [-0.05, 0) is 30.4 Å². The number of halogens is 1. The van der Waals surface area contributed by atoms with Gasteiger partial charge in [0.1, 0.15) is 12.1 Å². The normalized spacial score (nSPS) is 24.6. The predicted molar refractivity (Wildman–Crippen MR) is 54.7 cm³/mol. The number of carbonyl (C=O) groups is 1. The number of carboxylic acid groups (broad SMARTS) is 1. The van der Waals surface area contributed by atoms with Gasteiger partial charge in [0.25, 0.3) is 0 Å². The quantitative estimate of drug-likeness (QED) is 0.809. The summed E-state index contributed by atoms with van der Waals surface area (Å²) < 4.78 is 13.1. The lowest BCUT2D eigenvalue weighted by Gasteiger charge is -2.32. The lowest BCUT2D eigenvalue weighted by atomic mass is 9.71. The van der Waals surface area contributed by atoms with E-state index in [1.165, 1.54) is 0 Å². The summed E-state index contributed by atoms with van der Waals surface area (Å²) in [5.41, 5.74) is 0.338. The fourth-order valence-electron chi connectivity index (χ4n) is 2.34. The fourth-order valence-corrected chi connectivity index (χ4v) is 2.34. The highest BCUT2D eigenvalue weighted by atomic mass is 19.1. The van der Waals surface area contributed by atoms with Gasteiger partial charge in [0.05, 0.1) is 0 Å². The molecule has 1 aromatic rings. The third kappa shape index (κ3) is 1.42. The summed E-state index contributed by atoms with van der Waals surface area (Å²) >= 11 is 0. The molecule has 1 atom stereocenters. The van der Waals surface area contributed by atoms with Gasteiger partial charge in [-0.25, -0.2) is 4.39 Å². The summed E-state index contributed by atoms with van der Waals surface area (Å²) in [5, 5.41) is 9.20. The van der Waals surface area contributed by atoms with E-state index in [2.05, 4.69) is 0 Å². The van der Waals surface area contributed by atoms with Crippen molar-refractivity contribution < 1.29 is 14.3 Å². The van der Waals surface area contributed by atoms with Gasteiger partial charge in [0, 0.05) is 0 Å². The molecule has 0 spiro atoms. The molecule has 2 rings (SSSR count). The summed E-state index contributed by atoms with van der Waals surface area (Å²) in [6, 6.07) is 7.27. The zero-order valence-electron chi connectivity index (χ0n) is 8.37. The maximum atomic E-state index is 13.1. The van der Waals surface area contributed by atoms with Crippen molar-refractivity contribution >= 4 is 5.97 Å². The molecule has 1 aromatic carbocycles. The molecule has 0 bridgehead atoms. The lowest BCUT2D eigenvalue weighted by Crippen LogP contribution is -2.41. The van der Waals surface area contributed by atoms with Gasteiger partial charge in [-0.15, -0.1) is 0 Å². The van der Waals surface area contributed by atoms with Crippen LogP contribution in [0, 0.1) is 0 Å². The van der Waals surface area contributed by atoms with E-state index in [1.54, 1.807) is 12.1 Å². The summed E-state index contributed by atoms with van der Waals surface area (Å²) in [6.07, 6.45) is 1.99. The Balaban J connectivity index is 2.57. The molecular weight excluding hydrogens is 195 g/mol. The molecule has 0 aliphatic heterocycles. The van der Waals surface area contributed by atoms with Crippen LogP contribution < -0.4 is 0 Å². The molecule has 0 saturated heterocycles. The summed E-state index contributed by atoms with van der Waals surface area (Å²) in [6.45, 7) is -0.820. The Kier molecular flexibility index (Phi) is 2.47. The minimum Gasteiger partial charge on any atom is -0.481 e. The Labute approximate surface area is 87.7 Å². The highest BCUT2D eigenvalue weighted by molar-refractivity contribution is 5.82. The molecule has 0 radical (unpaired) electrons. The Morgan fingerprint density at radius 3 is 2.87 bits per heavy atom. The lowest BCUT2D eigenvalue weighted by molar-refractivity contribution is -0.145. The molecule has 1 unspecified atom stereocenters. The van der Waals surface area contributed by atoms with Crippen LogP contribution in [0.4, 0.5) is 4.39 Å². The zero-order chi connectivity index (χ0) is 10.9. The maximum Gasteiger partial charge on any atom is 0.316 e. The topological polar surface area (TPSA) is 37.3 Å². The molecule has 0 heterocycles. The summed E-state index contributed by atoms with van der Waals surface area (Å²) in [4.78, 5) is 11.2. The molecule has 15 heavy (non-hydrogen) atoms. The first-order valence-electron chi connectivity index (χ1n) is 5.08. The van der Waals surface area contributed by atoms with Gasteiger partial charge in [-0.3, -0.25) is 4.79 Å². The monoisotopic (exact) mass is 208 g/mol. The molecular formula is C12H13FO2. The first-order chi connectivity index (χ1) is 7.20. The van der Waals surface area contributed by atoms with E-state index < -0.39 is 18.1 Å². The zero-order valence-corrected chi connectivity index (χ0v) is 8.37. The maximum absolute atomic E-state index is 13.1. The van der Waals surface area contributed by atoms with Crippen molar-refractivity contribution in [2.45, 2.75) is 24.7 Å². The minimum absolute atomic E-state index is 0.399. The van der Waals surface area contributed by atoms with Gasteiger partial charge in [0.15, 0.2) is 0 Å². The van der Waals surface area contributed by atoms with Crippen LogP contribution in [0.25, 0.3) is 0 Å². The largest absolute Gasteiger partial charge is 0.481 e. The van der Waals surface area contributed by atoms with Crippen LogP contribution in [0.2, 0.25) is 0 Å². The van der Waals surface area contributed by atoms with Crippen molar-refractivity contribution in [1.82, 2.24) is 0 Å². The summed E-state index contributed by atoms with van der Waals surface area (Å²) in [7, 11) is 0. The van der Waals surface area contributed by atoms with Gasteiger partial charge in [0.2, 0.25) is 0 Å². The third-order valence-corrected chi connectivity index (χ3v) is 3.22. The Morgan fingerprint density at radius 2 is 2.20 bits per heavy atom.